The maximum Gasteiger partial charge on any atom is 0.241 e. The average Bonchev–Trinajstić information content (AvgIpc) is 2.78. The quantitative estimate of drug-likeness (QED) is 0.770. The van der Waals surface area contributed by atoms with Crippen LogP contribution in [0.2, 0.25) is 0 Å². The van der Waals surface area contributed by atoms with Crippen LogP contribution in [0.1, 0.15) is 18.2 Å². The molecule has 1 unspecified atom stereocenters. The highest BCUT2D eigenvalue weighted by Crippen LogP contribution is 2.19. The fourth-order valence-electron chi connectivity index (χ4n) is 1.49. The molecule has 18 heavy (non-hydrogen) atoms. The molecule has 0 aromatic carbocycles. The van der Waals surface area contributed by atoms with Gasteiger partial charge in [0.25, 0.3) is 0 Å². The molecule has 1 rings (SSSR count). The summed E-state index contributed by atoms with van der Waals surface area (Å²) in [5.74, 6) is 0.795. The van der Waals surface area contributed by atoms with Crippen molar-refractivity contribution in [2.45, 2.75) is 30.8 Å². The zero-order valence-electron chi connectivity index (χ0n) is 10.9. The number of nitrogens with one attached hydrogen (secondary N) is 2. The van der Waals surface area contributed by atoms with Crippen LogP contribution < -0.4 is 10.0 Å². The van der Waals surface area contributed by atoms with Gasteiger partial charge in [-0.1, -0.05) is 6.92 Å². The van der Waals surface area contributed by atoms with Crippen molar-refractivity contribution >= 4 is 33.1 Å². The van der Waals surface area contributed by atoms with E-state index in [1.54, 1.807) is 23.2 Å². The van der Waals surface area contributed by atoms with Gasteiger partial charge >= 0.3 is 0 Å². The lowest BCUT2D eigenvalue weighted by atomic mass is 10.3. The van der Waals surface area contributed by atoms with Gasteiger partial charge in [0, 0.05) is 28.6 Å². The van der Waals surface area contributed by atoms with Gasteiger partial charge in [-0.25, -0.2) is 13.1 Å². The number of thioether (sulfide) groups is 1. The Labute approximate surface area is 118 Å². The molecule has 1 aromatic heterocycles. The molecule has 1 aromatic rings. The van der Waals surface area contributed by atoms with E-state index in [1.165, 1.54) is 11.3 Å². The van der Waals surface area contributed by atoms with Crippen LogP contribution in [0.15, 0.2) is 16.3 Å². The second-order valence-corrected chi connectivity index (χ2v) is 7.58. The highest BCUT2D eigenvalue weighted by Gasteiger charge is 2.20. The van der Waals surface area contributed by atoms with E-state index in [9.17, 15) is 8.42 Å². The molecule has 1 heterocycles. The number of hydrogen-bond donors (Lipinski definition) is 2. The van der Waals surface area contributed by atoms with Crippen LogP contribution in [-0.2, 0) is 16.6 Å². The Kier molecular flexibility index (Phi) is 6.65. The zero-order valence-corrected chi connectivity index (χ0v) is 13.3. The van der Waals surface area contributed by atoms with E-state index in [2.05, 4.69) is 10.0 Å². The third-order valence-electron chi connectivity index (χ3n) is 2.47. The van der Waals surface area contributed by atoms with Gasteiger partial charge in [0.2, 0.25) is 10.0 Å². The summed E-state index contributed by atoms with van der Waals surface area (Å²) in [7, 11) is -1.53. The molecule has 0 bridgehead atoms. The zero-order chi connectivity index (χ0) is 13.6. The van der Waals surface area contributed by atoms with Crippen LogP contribution >= 0.6 is 23.1 Å². The standard InChI is InChI=1S/C11H20N2O2S3/c1-4-9(7-16-3)13-18(14,15)11-5-10(6-12-2)17-8-11/h5,8-9,12-13H,4,6-7H2,1-3H3. The molecule has 0 fully saturated rings. The van der Waals surface area contributed by atoms with Gasteiger partial charge in [-0.05, 0) is 25.8 Å². The minimum absolute atomic E-state index is 0.00218. The normalized spacial score (nSPS) is 13.7. The van der Waals surface area contributed by atoms with Gasteiger partial charge in [-0.2, -0.15) is 11.8 Å². The second-order valence-electron chi connectivity index (χ2n) is 3.96. The van der Waals surface area contributed by atoms with Crippen LogP contribution in [0.5, 0.6) is 0 Å². The molecule has 104 valence electrons. The molecular formula is C11H20N2O2S3. The minimum Gasteiger partial charge on any atom is -0.315 e. The Morgan fingerprint density at radius 3 is 2.78 bits per heavy atom. The van der Waals surface area contributed by atoms with Crippen LogP contribution in [-0.4, -0.2) is 33.5 Å². The van der Waals surface area contributed by atoms with Gasteiger partial charge in [0.15, 0.2) is 0 Å². The van der Waals surface area contributed by atoms with E-state index >= 15 is 0 Å². The predicted octanol–water partition coefficient (Wildman–Crippen LogP) is 1.89. The third-order valence-corrected chi connectivity index (χ3v) is 5.80. The minimum atomic E-state index is -3.37. The fourth-order valence-corrected chi connectivity index (χ4v) is 4.93. The SMILES string of the molecule is CCC(CSC)NS(=O)(=O)c1csc(CNC)c1. The summed E-state index contributed by atoms with van der Waals surface area (Å²) in [5, 5.41) is 4.71. The molecular weight excluding hydrogens is 288 g/mol. The lowest BCUT2D eigenvalue weighted by Crippen LogP contribution is -2.35. The fraction of sp³-hybridized carbons (Fsp3) is 0.636. The first-order valence-electron chi connectivity index (χ1n) is 5.76. The Morgan fingerprint density at radius 1 is 1.50 bits per heavy atom. The predicted molar refractivity (Wildman–Crippen MR) is 79.9 cm³/mol. The molecule has 0 spiro atoms. The van der Waals surface area contributed by atoms with Crippen LogP contribution in [0.25, 0.3) is 0 Å². The maximum atomic E-state index is 12.2. The largest absolute Gasteiger partial charge is 0.315 e. The molecule has 0 saturated heterocycles. The third kappa shape index (κ3) is 4.55. The van der Waals surface area contributed by atoms with Crippen LogP contribution in [0.4, 0.5) is 0 Å². The van der Waals surface area contributed by atoms with Crippen molar-refractivity contribution in [3.63, 3.8) is 0 Å². The molecule has 1 atom stereocenters. The van der Waals surface area contributed by atoms with E-state index in [0.717, 1.165) is 17.1 Å². The van der Waals surface area contributed by atoms with Gasteiger partial charge in [0.05, 0.1) is 4.90 Å². The highest BCUT2D eigenvalue weighted by atomic mass is 32.2. The van der Waals surface area contributed by atoms with Crippen molar-refractivity contribution in [1.82, 2.24) is 10.0 Å². The van der Waals surface area contributed by atoms with Crippen molar-refractivity contribution in [2.24, 2.45) is 0 Å². The molecule has 0 aliphatic heterocycles. The van der Waals surface area contributed by atoms with E-state index in [1.807, 2.05) is 20.2 Å². The van der Waals surface area contributed by atoms with Crippen molar-refractivity contribution in [1.29, 1.82) is 0 Å². The summed E-state index contributed by atoms with van der Waals surface area (Å²) in [6.07, 6.45) is 2.78. The topological polar surface area (TPSA) is 58.2 Å². The Hall–Kier alpha value is -0.0800. The van der Waals surface area contributed by atoms with Crippen molar-refractivity contribution < 1.29 is 8.42 Å². The Balaban J connectivity index is 2.78. The van der Waals surface area contributed by atoms with Crippen molar-refractivity contribution in [3.8, 4) is 0 Å². The first-order valence-corrected chi connectivity index (χ1v) is 9.52. The van der Waals surface area contributed by atoms with Gasteiger partial charge in [0.1, 0.15) is 0 Å². The van der Waals surface area contributed by atoms with Crippen molar-refractivity contribution in [2.75, 3.05) is 19.1 Å². The summed E-state index contributed by atoms with van der Waals surface area (Å²) in [6.45, 7) is 2.69. The first-order chi connectivity index (χ1) is 8.53. The molecule has 0 aliphatic carbocycles. The maximum absolute atomic E-state index is 12.2. The molecule has 0 saturated carbocycles. The Morgan fingerprint density at radius 2 is 2.22 bits per heavy atom. The lowest BCUT2D eigenvalue weighted by molar-refractivity contribution is 0.558. The number of sulfonamides is 1. The van der Waals surface area contributed by atoms with Crippen LogP contribution in [0, 0.1) is 0 Å². The molecule has 0 radical (unpaired) electrons. The number of thiophene rings is 1. The summed E-state index contributed by atoms with van der Waals surface area (Å²) in [4.78, 5) is 1.40. The monoisotopic (exact) mass is 308 g/mol. The number of rotatable bonds is 8. The molecule has 2 N–H and O–H groups in total. The van der Waals surface area contributed by atoms with Crippen LogP contribution in [0.3, 0.4) is 0 Å². The second kappa shape index (κ2) is 7.49. The highest BCUT2D eigenvalue weighted by molar-refractivity contribution is 7.98. The smallest absolute Gasteiger partial charge is 0.241 e. The van der Waals surface area contributed by atoms with E-state index in [0.29, 0.717) is 11.4 Å². The molecule has 4 nitrogen and oxygen atoms in total. The first kappa shape index (κ1) is 16.0. The average molecular weight is 308 g/mol. The summed E-state index contributed by atoms with van der Waals surface area (Å²) >= 11 is 3.11. The summed E-state index contributed by atoms with van der Waals surface area (Å²) in [6, 6.07) is 1.73. The van der Waals surface area contributed by atoms with E-state index in [4.69, 9.17) is 0 Å². The summed E-state index contributed by atoms with van der Waals surface area (Å²) < 4.78 is 27.1. The lowest BCUT2D eigenvalue weighted by Gasteiger charge is -2.15. The van der Waals surface area contributed by atoms with Gasteiger partial charge < -0.3 is 5.32 Å². The molecule has 0 amide bonds. The van der Waals surface area contributed by atoms with E-state index in [-0.39, 0.29) is 6.04 Å². The molecule has 7 heteroatoms. The van der Waals surface area contributed by atoms with Gasteiger partial charge in [-0.3, -0.25) is 0 Å². The summed E-state index contributed by atoms with van der Waals surface area (Å²) in [5.41, 5.74) is 0. The number of hydrogen-bond acceptors (Lipinski definition) is 5. The Bertz CT molecular complexity index is 457. The van der Waals surface area contributed by atoms with E-state index < -0.39 is 10.0 Å². The van der Waals surface area contributed by atoms with Crippen molar-refractivity contribution in [3.05, 3.63) is 16.3 Å². The van der Waals surface area contributed by atoms with Gasteiger partial charge in [-0.15, -0.1) is 11.3 Å². The molecule has 0 aliphatic rings.